The van der Waals surface area contributed by atoms with E-state index in [0.717, 1.165) is 15.7 Å². The van der Waals surface area contributed by atoms with Crippen LogP contribution in [-0.4, -0.2) is 31.7 Å². The number of hydrogen-bond acceptors (Lipinski definition) is 6. The minimum atomic E-state index is -1.13. The maximum Gasteiger partial charge on any atom is 0.355 e. The Kier molecular flexibility index (Phi) is 8.58. The summed E-state index contributed by atoms with van der Waals surface area (Å²) >= 11 is 0. The third-order valence-electron chi connectivity index (χ3n) is 6.79. The second-order valence-electron chi connectivity index (χ2n) is 9.67. The molecule has 1 heterocycles. The number of carbonyl (C=O) groups is 1. The molecule has 0 atom stereocenters. The van der Waals surface area contributed by atoms with Gasteiger partial charge in [0.1, 0.15) is 12.4 Å². The number of rotatable bonds is 11. The summed E-state index contributed by atoms with van der Waals surface area (Å²) in [6.45, 7) is 3.15. The van der Waals surface area contributed by atoms with Gasteiger partial charge in [-0.05, 0) is 53.9 Å². The van der Waals surface area contributed by atoms with E-state index in [4.69, 9.17) is 4.74 Å². The first kappa shape index (κ1) is 28.1. The molecule has 0 spiro atoms. The van der Waals surface area contributed by atoms with Crippen LogP contribution in [0.2, 0.25) is 0 Å². The van der Waals surface area contributed by atoms with Crippen molar-refractivity contribution in [3.05, 3.63) is 152 Å². The van der Waals surface area contributed by atoms with E-state index in [0.29, 0.717) is 36.7 Å². The molecule has 0 saturated heterocycles. The molecule has 0 aliphatic heterocycles. The van der Waals surface area contributed by atoms with Crippen molar-refractivity contribution in [2.75, 3.05) is 11.4 Å². The summed E-state index contributed by atoms with van der Waals surface area (Å²) in [5, 5.41) is 9.58. The summed E-state index contributed by atoms with van der Waals surface area (Å²) in [7, 11) is 0. The van der Waals surface area contributed by atoms with Crippen LogP contribution in [0, 0.1) is 0 Å². The van der Waals surface area contributed by atoms with E-state index in [1.54, 1.807) is 36.4 Å². The van der Waals surface area contributed by atoms with E-state index in [-0.39, 0.29) is 18.1 Å². The van der Waals surface area contributed by atoms with Crippen molar-refractivity contribution in [3.63, 3.8) is 0 Å². The Balaban J connectivity index is 1.51. The topological polar surface area (TPSA) is 107 Å². The molecule has 9 nitrogen and oxygen atoms in total. The van der Waals surface area contributed by atoms with E-state index in [1.165, 1.54) is 16.7 Å². The van der Waals surface area contributed by atoms with Gasteiger partial charge in [0.25, 0.3) is 0 Å². The number of anilines is 1. The zero-order valence-corrected chi connectivity index (χ0v) is 23.1. The maximum absolute atomic E-state index is 14.0. The lowest BCUT2D eigenvalue weighted by Crippen LogP contribution is -2.44. The minimum absolute atomic E-state index is 0.0142. The van der Waals surface area contributed by atoms with E-state index in [1.807, 2.05) is 72.5 Å². The largest absolute Gasteiger partial charge is 0.489 e. The van der Waals surface area contributed by atoms with Gasteiger partial charge in [-0.3, -0.25) is 0 Å². The zero-order chi connectivity index (χ0) is 29.5. The van der Waals surface area contributed by atoms with Crippen LogP contribution < -0.4 is 21.0 Å². The van der Waals surface area contributed by atoms with Crippen LogP contribution in [0.15, 0.2) is 119 Å². The van der Waals surface area contributed by atoms with E-state index in [2.05, 4.69) is 4.98 Å². The van der Waals surface area contributed by atoms with E-state index in [9.17, 15) is 19.5 Å². The number of aromatic nitrogens is 3. The molecule has 42 heavy (non-hydrogen) atoms. The number of hydrogen-bond donors (Lipinski definition) is 1. The summed E-state index contributed by atoms with van der Waals surface area (Å²) < 4.78 is 8.21. The molecule has 5 aromatic rings. The molecule has 0 saturated carbocycles. The number of benzene rings is 4. The van der Waals surface area contributed by atoms with Gasteiger partial charge in [-0.2, -0.15) is 4.98 Å². The monoisotopic (exact) mass is 562 g/mol. The van der Waals surface area contributed by atoms with Crippen molar-refractivity contribution in [2.45, 2.75) is 26.6 Å². The Labute approximate surface area is 242 Å². The fourth-order valence-corrected chi connectivity index (χ4v) is 4.58. The van der Waals surface area contributed by atoms with E-state index >= 15 is 0 Å². The van der Waals surface area contributed by atoms with Crippen molar-refractivity contribution >= 4 is 11.9 Å². The highest BCUT2D eigenvalue weighted by Crippen LogP contribution is 2.19. The summed E-state index contributed by atoms with van der Waals surface area (Å²) in [5.74, 6) is -0.329. The van der Waals surface area contributed by atoms with Gasteiger partial charge in [0.05, 0.1) is 17.8 Å². The smallest absolute Gasteiger partial charge is 0.355 e. The normalized spacial score (nSPS) is 10.8. The van der Waals surface area contributed by atoms with Gasteiger partial charge in [0.15, 0.2) is 0 Å². The number of nitrogens with zero attached hydrogens (tertiary/aromatic N) is 4. The third kappa shape index (κ3) is 6.47. The number of ether oxygens (including phenoxy) is 1. The van der Waals surface area contributed by atoms with Gasteiger partial charge in [0.2, 0.25) is 5.95 Å². The molecule has 9 heteroatoms. The highest BCUT2D eigenvalue weighted by Gasteiger charge is 2.20. The molecule has 0 bridgehead atoms. The molecule has 1 aromatic heterocycles. The Morgan fingerprint density at radius 3 is 2.14 bits per heavy atom. The minimum Gasteiger partial charge on any atom is -0.489 e. The molecular formula is C33H30N4O5. The molecule has 0 aliphatic carbocycles. The maximum atomic E-state index is 14.0. The van der Waals surface area contributed by atoms with Gasteiger partial charge < -0.3 is 14.7 Å². The first-order valence-electron chi connectivity index (χ1n) is 13.5. The Bertz CT molecular complexity index is 1780. The number of carboxylic acids is 1. The number of aromatic carboxylic acids is 1. The van der Waals surface area contributed by atoms with Crippen LogP contribution in [0.5, 0.6) is 5.75 Å². The first-order valence-corrected chi connectivity index (χ1v) is 13.5. The Hall–Kier alpha value is -5.44. The third-order valence-corrected chi connectivity index (χ3v) is 6.79. The van der Waals surface area contributed by atoms with Crippen molar-refractivity contribution in [2.24, 2.45) is 0 Å². The average Bonchev–Trinajstić information content (AvgIpc) is 3.02. The van der Waals surface area contributed by atoms with Gasteiger partial charge in [-0.1, -0.05) is 78.9 Å². The van der Waals surface area contributed by atoms with Crippen LogP contribution >= 0.6 is 0 Å². The van der Waals surface area contributed by atoms with Gasteiger partial charge in [-0.25, -0.2) is 23.5 Å². The van der Waals surface area contributed by atoms with Gasteiger partial charge in [0, 0.05) is 13.1 Å². The SMILES string of the molecule is CCN(Cc1ccccc1)c1nc(=O)n(Cc2ccc(OCc3ccccc3)cc2)c(=O)n1-c1cccc(C(=O)O)c1. The quantitative estimate of drug-likeness (QED) is 0.248. The van der Waals surface area contributed by atoms with Crippen molar-refractivity contribution in [1.82, 2.24) is 14.1 Å². The Morgan fingerprint density at radius 2 is 1.50 bits per heavy atom. The molecule has 0 radical (unpaired) electrons. The molecule has 4 aromatic carbocycles. The summed E-state index contributed by atoms with van der Waals surface area (Å²) in [6.07, 6.45) is 0. The van der Waals surface area contributed by atoms with Crippen molar-refractivity contribution in [3.8, 4) is 11.4 Å². The summed E-state index contributed by atoms with van der Waals surface area (Å²) in [5.41, 5.74) is 1.71. The highest BCUT2D eigenvalue weighted by atomic mass is 16.5. The standard InChI is InChI=1S/C33H30N4O5/c1-2-35(21-24-10-5-3-6-11-24)31-34-32(40)36(33(41)37(31)28-15-9-14-27(20-28)30(38)39)22-25-16-18-29(19-17-25)42-23-26-12-7-4-8-13-26/h3-20H,2,21-23H2,1H3,(H,38,39). The molecule has 1 N–H and O–H groups in total. The van der Waals surface area contributed by atoms with Crippen LogP contribution in [0.4, 0.5) is 5.95 Å². The predicted octanol–water partition coefficient (Wildman–Crippen LogP) is 4.75. The lowest BCUT2D eigenvalue weighted by atomic mass is 10.2. The molecule has 212 valence electrons. The van der Waals surface area contributed by atoms with Crippen LogP contribution in [0.1, 0.15) is 34.0 Å². The Morgan fingerprint density at radius 1 is 0.833 bits per heavy atom. The average molecular weight is 563 g/mol. The molecule has 5 rings (SSSR count). The summed E-state index contributed by atoms with van der Waals surface area (Å²) in [6, 6.07) is 32.6. The van der Waals surface area contributed by atoms with Gasteiger partial charge in [-0.15, -0.1) is 0 Å². The van der Waals surface area contributed by atoms with Crippen molar-refractivity contribution in [1.29, 1.82) is 0 Å². The zero-order valence-electron chi connectivity index (χ0n) is 23.1. The van der Waals surface area contributed by atoms with Gasteiger partial charge >= 0.3 is 17.3 Å². The highest BCUT2D eigenvalue weighted by molar-refractivity contribution is 5.88. The lowest BCUT2D eigenvalue weighted by Gasteiger charge is -2.25. The number of carboxylic acid groups (broad SMARTS) is 1. The second kappa shape index (κ2) is 12.8. The van der Waals surface area contributed by atoms with Crippen LogP contribution in [0.3, 0.4) is 0 Å². The molecule has 0 fully saturated rings. The molecule has 0 unspecified atom stereocenters. The lowest BCUT2D eigenvalue weighted by molar-refractivity contribution is 0.0697. The molecule has 0 amide bonds. The van der Waals surface area contributed by atoms with Crippen molar-refractivity contribution < 1.29 is 14.6 Å². The van der Waals surface area contributed by atoms with Crippen LogP contribution in [0.25, 0.3) is 5.69 Å². The first-order chi connectivity index (χ1) is 20.4. The van der Waals surface area contributed by atoms with Crippen LogP contribution in [-0.2, 0) is 19.7 Å². The summed E-state index contributed by atoms with van der Waals surface area (Å²) in [4.78, 5) is 45.2. The fraction of sp³-hybridized carbons (Fsp3) is 0.152. The molecular weight excluding hydrogens is 532 g/mol. The second-order valence-corrected chi connectivity index (χ2v) is 9.67. The molecule has 0 aliphatic rings. The van der Waals surface area contributed by atoms with E-state index < -0.39 is 17.3 Å². The predicted molar refractivity (Wildman–Crippen MR) is 161 cm³/mol. The fourth-order valence-electron chi connectivity index (χ4n) is 4.58.